The maximum atomic E-state index is 12.2. The van der Waals surface area contributed by atoms with Crippen molar-refractivity contribution in [2.75, 3.05) is 13.1 Å². The monoisotopic (exact) mass is 308 g/mol. The van der Waals surface area contributed by atoms with Crippen molar-refractivity contribution in [2.45, 2.75) is 12.5 Å². The van der Waals surface area contributed by atoms with Gasteiger partial charge in [0.25, 0.3) is 5.91 Å². The summed E-state index contributed by atoms with van der Waals surface area (Å²) in [6.07, 6.45) is 4.00. The molecule has 1 amide bonds. The number of likely N-dealkylation sites (tertiary alicyclic amines) is 1. The van der Waals surface area contributed by atoms with Crippen molar-refractivity contribution in [3.05, 3.63) is 45.9 Å². The second kappa shape index (κ2) is 5.81. The van der Waals surface area contributed by atoms with Gasteiger partial charge in [0.1, 0.15) is 16.9 Å². The summed E-state index contributed by atoms with van der Waals surface area (Å²) >= 11 is 7.55. The van der Waals surface area contributed by atoms with E-state index in [-0.39, 0.29) is 12.0 Å². The van der Waals surface area contributed by atoms with Crippen LogP contribution in [0.25, 0.3) is 0 Å². The third kappa shape index (κ3) is 2.78. The fraction of sp³-hybridized carbons (Fsp3) is 0.286. The van der Waals surface area contributed by atoms with Crippen LogP contribution in [-0.4, -0.2) is 35.0 Å². The molecule has 0 bridgehead atoms. The highest BCUT2D eigenvalue weighted by Crippen LogP contribution is 2.26. The average Bonchev–Trinajstić information content (AvgIpc) is 3.12. The van der Waals surface area contributed by atoms with Gasteiger partial charge in [-0.1, -0.05) is 11.6 Å². The van der Waals surface area contributed by atoms with Crippen molar-refractivity contribution in [1.82, 2.24) is 9.88 Å². The Bertz CT molecular complexity index is 603. The number of hydrogen-bond acceptors (Lipinski definition) is 4. The molecule has 1 aliphatic rings. The molecule has 1 fully saturated rings. The lowest BCUT2D eigenvalue weighted by Crippen LogP contribution is -2.30. The van der Waals surface area contributed by atoms with Gasteiger partial charge in [-0.3, -0.25) is 9.78 Å². The summed E-state index contributed by atoms with van der Waals surface area (Å²) < 4.78 is 5.84. The predicted molar refractivity (Wildman–Crippen MR) is 78.5 cm³/mol. The van der Waals surface area contributed by atoms with Gasteiger partial charge in [-0.2, -0.15) is 11.3 Å². The van der Waals surface area contributed by atoms with E-state index in [4.69, 9.17) is 16.3 Å². The Kier molecular flexibility index (Phi) is 3.89. The van der Waals surface area contributed by atoms with Crippen LogP contribution >= 0.6 is 22.9 Å². The zero-order valence-corrected chi connectivity index (χ0v) is 12.2. The predicted octanol–water partition coefficient (Wildman–Crippen LogP) is 3.09. The zero-order valence-electron chi connectivity index (χ0n) is 10.7. The minimum atomic E-state index is -0.0162. The molecule has 20 heavy (non-hydrogen) atoms. The number of carbonyl (C=O) groups excluding carboxylic acids is 1. The van der Waals surface area contributed by atoms with E-state index in [0.29, 0.717) is 23.9 Å². The van der Waals surface area contributed by atoms with E-state index in [1.807, 2.05) is 21.7 Å². The third-order valence-corrected chi connectivity index (χ3v) is 4.20. The Morgan fingerprint density at radius 1 is 1.50 bits per heavy atom. The van der Waals surface area contributed by atoms with E-state index in [1.165, 1.54) is 11.3 Å². The number of pyridine rings is 1. The molecule has 2 aromatic heterocycles. The molecule has 0 spiro atoms. The molecule has 1 saturated heterocycles. The van der Waals surface area contributed by atoms with Gasteiger partial charge < -0.3 is 9.64 Å². The summed E-state index contributed by atoms with van der Waals surface area (Å²) in [6.45, 7) is 1.30. The van der Waals surface area contributed by atoms with Crippen LogP contribution in [0.3, 0.4) is 0 Å². The summed E-state index contributed by atoms with van der Waals surface area (Å²) in [5, 5.41) is 4.28. The zero-order chi connectivity index (χ0) is 13.9. The Morgan fingerprint density at radius 2 is 2.40 bits per heavy atom. The van der Waals surface area contributed by atoms with Crippen LogP contribution in [0.1, 0.15) is 16.8 Å². The fourth-order valence-electron chi connectivity index (χ4n) is 2.22. The van der Waals surface area contributed by atoms with E-state index in [2.05, 4.69) is 4.98 Å². The average molecular weight is 309 g/mol. The Morgan fingerprint density at radius 3 is 3.15 bits per heavy atom. The molecule has 0 radical (unpaired) electrons. The Labute approximate surface area is 126 Å². The number of amides is 1. The Balaban J connectivity index is 1.63. The first-order valence-electron chi connectivity index (χ1n) is 6.31. The van der Waals surface area contributed by atoms with Crippen LogP contribution in [-0.2, 0) is 0 Å². The van der Waals surface area contributed by atoms with Gasteiger partial charge in [-0.25, -0.2) is 0 Å². The van der Waals surface area contributed by atoms with Crippen molar-refractivity contribution in [3.8, 4) is 5.75 Å². The first-order valence-corrected chi connectivity index (χ1v) is 7.64. The van der Waals surface area contributed by atoms with E-state index in [0.717, 1.165) is 12.0 Å². The topological polar surface area (TPSA) is 42.4 Å². The number of carbonyl (C=O) groups is 1. The number of hydrogen-bond donors (Lipinski definition) is 0. The second-order valence-electron chi connectivity index (χ2n) is 4.60. The van der Waals surface area contributed by atoms with Gasteiger partial charge in [0.05, 0.1) is 12.1 Å². The number of ether oxygens (including phenoxy) is 1. The van der Waals surface area contributed by atoms with Gasteiger partial charge in [-0.05, 0) is 11.4 Å². The summed E-state index contributed by atoms with van der Waals surface area (Å²) in [6, 6.07) is 3.59. The number of rotatable bonds is 3. The van der Waals surface area contributed by atoms with Crippen LogP contribution in [0.4, 0.5) is 0 Å². The van der Waals surface area contributed by atoms with Crippen LogP contribution in [0.2, 0.25) is 5.02 Å². The van der Waals surface area contributed by atoms with Gasteiger partial charge in [0.2, 0.25) is 0 Å². The largest absolute Gasteiger partial charge is 0.487 e. The highest BCUT2D eigenvalue weighted by atomic mass is 35.5. The molecular weight excluding hydrogens is 296 g/mol. The van der Waals surface area contributed by atoms with Crippen molar-refractivity contribution in [3.63, 3.8) is 0 Å². The van der Waals surface area contributed by atoms with E-state index in [9.17, 15) is 4.79 Å². The standard InChI is InChI=1S/C14H13ClN2O2S/c15-12-7-16-4-1-13(12)19-11-2-5-17(8-11)14(18)10-3-6-20-9-10/h1,3-4,6-7,9,11H,2,5,8H2/t11-/m0/s1. The van der Waals surface area contributed by atoms with Gasteiger partial charge in [0, 0.05) is 36.8 Å². The van der Waals surface area contributed by atoms with Gasteiger partial charge in [-0.15, -0.1) is 0 Å². The smallest absolute Gasteiger partial charge is 0.254 e. The minimum absolute atomic E-state index is 0.0162. The third-order valence-electron chi connectivity index (χ3n) is 3.23. The molecule has 2 aromatic rings. The van der Waals surface area contributed by atoms with E-state index in [1.54, 1.807) is 18.5 Å². The summed E-state index contributed by atoms with van der Waals surface area (Å²) in [4.78, 5) is 18.0. The summed E-state index contributed by atoms with van der Waals surface area (Å²) in [7, 11) is 0. The molecule has 0 unspecified atom stereocenters. The summed E-state index contributed by atoms with van der Waals surface area (Å²) in [5.74, 6) is 0.690. The Hall–Kier alpha value is -1.59. The molecule has 1 atom stereocenters. The van der Waals surface area contributed by atoms with E-state index < -0.39 is 0 Å². The molecule has 6 heteroatoms. The molecule has 0 N–H and O–H groups in total. The SMILES string of the molecule is O=C(c1ccsc1)N1CC[C@H](Oc2ccncc2Cl)C1. The van der Waals surface area contributed by atoms with Crippen molar-refractivity contribution in [1.29, 1.82) is 0 Å². The van der Waals surface area contributed by atoms with Gasteiger partial charge in [0.15, 0.2) is 0 Å². The number of thiophene rings is 1. The first-order chi connectivity index (χ1) is 9.74. The van der Waals surface area contributed by atoms with Crippen LogP contribution in [0.15, 0.2) is 35.3 Å². The first kappa shape index (κ1) is 13.4. The molecule has 0 saturated carbocycles. The molecule has 3 heterocycles. The molecular formula is C14H13ClN2O2S. The molecule has 1 aliphatic heterocycles. The van der Waals surface area contributed by atoms with Crippen LogP contribution in [0, 0.1) is 0 Å². The quantitative estimate of drug-likeness (QED) is 0.875. The van der Waals surface area contributed by atoms with Crippen molar-refractivity contribution in [2.24, 2.45) is 0 Å². The highest BCUT2D eigenvalue weighted by molar-refractivity contribution is 7.08. The van der Waals surface area contributed by atoms with Crippen molar-refractivity contribution < 1.29 is 9.53 Å². The lowest BCUT2D eigenvalue weighted by atomic mass is 10.3. The lowest BCUT2D eigenvalue weighted by Gasteiger charge is -2.17. The molecule has 0 aromatic carbocycles. The number of aromatic nitrogens is 1. The molecule has 104 valence electrons. The summed E-state index contributed by atoms with van der Waals surface area (Å²) in [5.41, 5.74) is 0.748. The molecule has 4 nitrogen and oxygen atoms in total. The van der Waals surface area contributed by atoms with Crippen LogP contribution < -0.4 is 4.74 Å². The lowest BCUT2D eigenvalue weighted by molar-refractivity contribution is 0.0773. The van der Waals surface area contributed by atoms with E-state index >= 15 is 0 Å². The van der Waals surface area contributed by atoms with Crippen molar-refractivity contribution >= 4 is 28.8 Å². The normalized spacial score (nSPS) is 18.2. The molecule has 3 rings (SSSR count). The minimum Gasteiger partial charge on any atom is -0.487 e. The van der Waals surface area contributed by atoms with Crippen LogP contribution in [0.5, 0.6) is 5.75 Å². The highest BCUT2D eigenvalue weighted by Gasteiger charge is 2.28. The molecule has 0 aliphatic carbocycles. The van der Waals surface area contributed by atoms with Gasteiger partial charge >= 0.3 is 0 Å². The maximum absolute atomic E-state index is 12.2. The number of nitrogens with zero attached hydrogens (tertiary/aromatic N) is 2. The second-order valence-corrected chi connectivity index (χ2v) is 5.79. The maximum Gasteiger partial charge on any atom is 0.254 e. The fourth-order valence-corrected chi connectivity index (χ4v) is 3.01. The number of halogens is 1.